The highest BCUT2D eigenvalue weighted by Gasteiger charge is 2.64. The van der Waals surface area contributed by atoms with Gasteiger partial charge in [0.25, 0.3) is 0 Å². The van der Waals surface area contributed by atoms with Gasteiger partial charge in [-0.05, 0) is 57.2 Å². The Morgan fingerprint density at radius 1 is 1.20 bits per heavy atom. The first-order valence-corrected chi connectivity index (χ1v) is 23.4. The topological polar surface area (TPSA) is 208 Å². The standard InChI is InChI=1S/C43H63ClN4O11S2/c1-25-12-10-13-30(24-50)43(56)22-32(57-40(55)46-43)26(2)37-42(6,59-37)33(21-35(52)48(9)31-20-28(18-25)19-29(23-49)36(31)44)58-38(53)27(3)47(8)39(54)41(4,5)15-17-61-60-16-11-14-34(51)45-7/h10,12-13,19-20,26-27,30,32-33,37,49-50,56H,11,14-18,21-24H2,1-9H3,(H,45,51)(H,46,55)/b13-10+,25-12+/t26-,27+,30+,32+,33+,37+,42+,43+/m1/s1. The second-order valence-electron chi connectivity index (χ2n) is 17.1. The number of hydrogen-bond acceptors (Lipinski definition) is 13. The Hall–Kier alpha value is -3.32. The second kappa shape index (κ2) is 21.4. The lowest BCUT2D eigenvalue weighted by Gasteiger charge is -2.42. The molecule has 3 aliphatic rings. The molecule has 15 nitrogen and oxygen atoms in total. The molecule has 4 amide bonds. The summed E-state index contributed by atoms with van der Waals surface area (Å²) in [5.41, 5.74) is -1.63. The third-order valence-corrected chi connectivity index (χ3v) is 15.0. The van der Waals surface area contributed by atoms with E-state index in [4.69, 9.17) is 25.8 Å². The Kier molecular flexibility index (Phi) is 17.6. The number of alkyl carbamates (subject to hydrolysis) is 1. The van der Waals surface area contributed by atoms with Gasteiger partial charge in [0.1, 0.15) is 23.9 Å². The Morgan fingerprint density at radius 3 is 2.54 bits per heavy atom. The number of likely N-dealkylation sites (N-methyl/N-ethyl adjacent to an activating group) is 1. The van der Waals surface area contributed by atoms with Crippen LogP contribution < -0.4 is 15.5 Å². The van der Waals surface area contributed by atoms with Crippen molar-refractivity contribution in [2.45, 2.75) is 122 Å². The molecular formula is C43H63ClN4O11S2. The van der Waals surface area contributed by atoms with Gasteiger partial charge in [0, 0.05) is 62.7 Å². The monoisotopic (exact) mass is 910 g/mol. The van der Waals surface area contributed by atoms with E-state index >= 15 is 0 Å². The maximum absolute atomic E-state index is 14.3. The Balaban J connectivity index is 1.62. The van der Waals surface area contributed by atoms with E-state index in [1.807, 2.05) is 20.8 Å². The van der Waals surface area contributed by atoms with Crippen molar-refractivity contribution >= 4 is 68.7 Å². The van der Waals surface area contributed by atoms with Crippen LogP contribution in [-0.2, 0) is 46.4 Å². The lowest BCUT2D eigenvalue weighted by atomic mass is 9.81. The number of carbonyl (C=O) groups excluding carboxylic acids is 5. The lowest BCUT2D eigenvalue weighted by molar-refractivity contribution is -0.163. The van der Waals surface area contributed by atoms with Crippen LogP contribution in [0.25, 0.3) is 0 Å². The van der Waals surface area contributed by atoms with Gasteiger partial charge >= 0.3 is 12.1 Å². The van der Waals surface area contributed by atoms with Crippen molar-refractivity contribution in [1.29, 1.82) is 0 Å². The summed E-state index contributed by atoms with van der Waals surface area (Å²) in [6, 6.07) is 2.44. The van der Waals surface area contributed by atoms with E-state index < -0.39 is 77.5 Å². The number of nitrogens with one attached hydrogen (secondary N) is 2. The molecule has 5 N–H and O–H groups in total. The Labute approximate surface area is 372 Å². The van der Waals surface area contributed by atoms with Crippen molar-refractivity contribution in [2.75, 3.05) is 44.2 Å². The predicted molar refractivity (Wildman–Crippen MR) is 237 cm³/mol. The molecule has 4 rings (SSSR count). The van der Waals surface area contributed by atoms with Gasteiger partial charge < -0.3 is 44.6 Å². The molecule has 0 saturated carbocycles. The van der Waals surface area contributed by atoms with Crippen LogP contribution in [0.1, 0.15) is 84.8 Å². The van der Waals surface area contributed by atoms with E-state index in [-0.39, 0.29) is 36.3 Å². The summed E-state index contributed by atoms with van der Waals surface area (Å²) in [7, 11) is 7.95. The molecule has 0 aliphatic carbocycles. The Bertz CT molecular complexity index is 1850. The van der Waals surface area contributed by atoms with Gasteiger partial charge in [0.15, 0.2) is 5.72 Å². The molecule has 1 aromatic carbocycles. The van der Waals surface area contributed by atoms with Gasteiger partial charge in [0.05, 0.1) is 36.4 Å². The number of esters is 1. The van der Waals surface area contributed by atoms with E-state index in [1.54, 1.807) is 86.8 Å². The summed E-state index contributed by atoms with van der Waals surface area (Å²) in [5, 5.41) is 37.6. The number of benzene rings is 1. The average Bonchev–Trinajstić information content (AvgIpc) is 3.91. The van der Waals surface area contributed by atoms with Gasteiger partial charge in [-0.1, -0.05) is 83.8 Å². The highest BCUT2D eigenvalue weighted by molar-refractivity contribution is 8.76. The summed E-state index contributed by atoms with van der Waals surface area (Å²) >= 11 is 6.76. The van der Waals surface area contributed by atoms with Gasteiger partial charge in [-0.25, -0.2) is 9.59 Å². The maximum Gasteiger partial charge on any atom is 0.409 e. The zero-order valence-corrected chi connectivity index (χ0v) is 39.0. The van der Waals surface area contributed by atoms with Crippen LogP contribution in [0.5, 0.6) is 0 Å². The third kappa shape index (κ3) is 12.4. The molecule has 18 heteroatoms. The van der Waals surface area contributed by atoms with Gasteiger partial charge in [-0.15, -0.1) is 0 Å². The predicted octanol–water partition coefficient (Wildman–Crippen LogP) is 4.92. The summed E-state index contributed by atoms with van der Waals surface area (Å²) in [4.78, 5) is 69.2. The van der Waals surface area contributed by atoms with Crippen molar-refractivity contribution in [2.24, 2.45) is 17.3 Å². The molecular weight excluding hydrogens is 848 g/mol. The molecule has 2 fully saturated rings. The summed E-state index contributed by atoms with van der Waals surface area (Å²) in [6.45, 7) is 9.66. The fraction of sp³-hybridized carbons (Fsp3) is 0.651. The number of halogens is 1. The van der Waals surface area contributed by atoms with E-state index in [9.17, 15) is 39.3 Å². The molecule has 1 aromatic rings. The number of allylic oxidation sites excluding steroid dienone is 3. The van der Waals surface area contributed by atoms with Crippen molar-refractivity contribution in [1.82, 2.24) is 15.5 Å². The molecule has 61 heavy (non-hydrogen) atoms. The number of aliphatic hydroxyl groups is 3. The highest BCUT2D eigenvalue weighted by atomic mass is 35.5. The van der Waals surface area contributed by atoms with E-state index in [0.717, 1.165) is 23.3 Å². The molecule has 340 valence electrons. The van der Waals surface area contributed by atoms with Crippen molar-refractivity contribution < 1.29 is 53.5 Å². The first-order valence-electron chi connectivity index (χ1n) is 20.6. The molecule has 0 radical (unpaired) electrons. The average molecular weight is 912 g/mol. The van der Waals surface area contributed by atoms with Crippen LogP contribution in [0.4, 0.5) is 10.5 Å². The van der Waals surface area contributed by atoms with Crippen LogP contribution in [0.15, 0.2) is 35.9 Å². The zero-order valence-electron chi connectivity index (χ0n) is 36.6. The zero-order chi connectivity index (χ0) is 45.4. The minimum atomic E-state index is -1.88. The molecule has 3 heterocycles. The maximum atomic E-state index is 14.3. The minimum Gasteiger partial charge on any atom is -0.457 e. The lowest BCUT2D eigenvalue weighted by Crippen LogP contribution is -2.62. The second-order valence-corrected chi connectivity index (χ2v) is 20.2. The van der Waals surface area contributed by atoms with Crippen molar-refractivity contribution in [3.8, 4) is 0 Å². The molecule has 4 bridgehead atoms. The number of aliphatic hydroxyl groups excluding tert-OH is 2. The summed E-state index contributed by atoms with van der Waals surface area (Å²) in [6.07, 6.45) is 3.06. The molecule has 0 aromatic heterocycles. The number of fused-ring (bicyclic) bond motifs is 5. The number of epoxide rings is 1. The number of rotatable bonds is 14. The Morgan fingerprint density at radius 2 is 1.89 bits per heavy atom. The third-order valence-electron chi connectivity index (χ3n) is 12.0. The van der Waals surface area contributed by atoms with Crippen LogP contribution in [-0.4, -0.2) is 125 Å². The summed E-state index contributed by atoms with van der Waals surface area (Å²) < 4.78 is 18.1. The van der Waals surface area contributed by atoms with Crippen molar-refractivity contribution in [3.63, 3.8) is 0 Å². The van der Waals surface area contributed by atoms with Gasteiger partial charge in [-0.3, -0.25) is 19.7 Å². The number of anilines is 1. The molecule has 0 unspecified atom stereocenters. The largest absolute Gasteiger partial charge is 0.457 e. The molecule has 3 aliphatic heterocycles. The normalized spacial score (nSPS) is 28.9. The summed E-state index contributed by atoms with van der Waals surface area (Å²) in [5.74, 6) is -1.54. The van der Waals surface area contributed by atoms with Gasteiger partial charge in [0.2, 0.25) is 17.7 Å². The molecule has 0 spiro atoms. The van der Waals surface area contributed by atoms with E-state index in [1.165, 1.54) is 16.8 Å². The van der Waals surface area contributed by atoms with E-state index in [2.05, 4.69) is 10.6 Å². The fourth-order valence-corrected chi connectivity index (χ4v) is 10.4. The first-order chi connectivity index (χ1) is 28.6. The number of nitrogens with zero attached hydrogens (tertiary/aromatic N) is 2. The fourth-order valence-electron chi connectivity index (χ4n) is 7.68. The van der Waals surface area contributed by atoms with Crippen molar-refractivity contribution in [3.05, 3.63) is 52.1 Å². The SMILES string of the molecule is CNC(=O)CCCSSCCC(C)(C)C(=O)N(C)[C@@H](C)C(=O)O[C@H]1CC(=O)N(C)c2cc(cc(CO)c2Cl)C/C(C)=C/C=C/[C@@H](CO)[C@@]2(O)C[C@H](OC(=O)N2)[C@@H](C)[C@@H]2O[C@@]12C. The number of hydrogen-bond donors (Lipinski definition) is 5. The van der Waals surface area contributed by atoms with Crippen LogP contribution in [0, 0.1) is 17.3 Å². The van der Waals surface area contributed by atoms with Crippen LogP contribution in [0.2, 0.25) is 5.02 Å². The minimum absolute atomic E-state index is 0.00195. The molecule has 2 saturated heterocycles. The smallest absolute Gasteiger partial charge is 0.409 e. The number of ether oxygens (including phenoxy) is 3. The molecule has 8 atom stereocenters. The van der Waals surface area contributed by atoms with Gasteiger partial charge in [-0.2, -0.15) is 0 Å². The highest BCUT2D eigenvalue weighted by Crippen LogP contribution is 2.49. The van der Waals surface area contributed by atoms with Crippen LogP contribution in [0.3, 0.4) is 0 Å². The van der Waals surface area contributed by atoms with E-state index in [0.29, 0.717) is 36.3 Å². The number of amides is 4. The van der Waals surface area contributed by atoms with Crippen LogP contribution >= 0.6 is 33.2 Å². The number of carbonyl (C=O) groups is 5. The quantitative estimate of drug-likeness (QED) is 0.0729. The first kappa shape index (κ1) is 50.3.